The maximum absolute atomic E-state index is 13.3. The van der Waals surface area contributed by atoms with Gasteiger partial charge in [0.15, 0.2) is 0 Å². The largest absolute Gasteiger partial charge is 0.480 e. The van der Waals surface area contributed by atoms with Crippen molar-refractivity contribution in [3.8, 4) is 0 Å². The van der Waals surface area contributed by atoms with Gasteiger partial charge in [0.05, 0.1) is 73.7 Å². The third-order valence-corrected chi connectivity index (χ3v) is 14.3. The molecule has 6 aromatic heterocycles. The fourth-order valence-corrected chi connectivity index (χ4v) is 9.84. The molecule has 414 valence electrons. The molecule has 8 rings (SSSR count). The molecular formula is C55H64N14O8S2. The molecule has 4 amide bonds. The number of aromatic nitrogens is 8. The van der Waals surface area contributed by atoms with Crippen molar-refractivity contribution in [1.82, 2.24) is 61.6 Å². The number of carboxylic acids is 1. The van der Waals surface area contributed by atoms with E-state index in [-0.39, 0.29) is 36.7 Å². The monoisotopic (exact) mass is 1110 g/mol. The number of hydrogen-bond donors (Lipinski definition) is 9. The van der Waals surface area contributed by atoms with Crippen LogP contribution >= 0.6 is 22.7 Å². The number of ether oxygens (including phenoxy) is 1. The van der Waals surface area contributed by atoms with E-state index in [9.17, 15) is 33.9 Å². The molecule has 0 aliphatic heterocycles. The number of amides is 4. The lowest BCUT2D eigenvalue weighted by Gasteiger charge is -2.19. The number of nitrogens with zero attached hydrogens (tertiary/aromatic N) is 6. The number of H-pyrrole nitrogens is 2. The number of carboxylic acid groups (broad SMARTS) is 1. The molecule has 2 aromatic carbocycles. The van der Waals surface area contributed by atoms with Crippen LogP contribution in [-0.2, 0) is 27.2 Å². The Bertz CT molecular complexity index is 3320. The molecule has 6 heterocycles. The number of aromatic amines is 2. The fourth-order valence-electron chi connectivity index (χ4n) is 8.56. The number of unbranched alkanes of at least 4 members (excludes halogenated alkanes) is 2. The molecule has 0 radical (unpaired) electrons. The van der Waals surface area contributed by atoms with E-state index in [4.69, 9.17) is 4.74 Å². The predicted molar refractivity (Wildman–Crippen MR) is 303 cm³/mol. The van der Waals surface area contributed by atoms with E-state index in [1.54, 1.807) is 62.7 Å². The number of fused-ring (bicyclic) bond motifs is 2. The summed E-state index contributed by atoms with van der Waals surface area (Å²) in [7, 11) is 0. The van der Waals surface area contributed by atoms with Gasteiger partial charge >= 0.3 is 11.9 Å². The Balaban J connectivity index is 0.000000230. The van der Waals surface area contributed by atoms with Gasteiger partial charge in [-0.05, 0) is 106 Å². The molecule has 0 aliphatic rings. The number of esters is 1. The quantitative estimate of drug-likeness (QED) is 0.0194. The summed E-state index contributed by atoms with van der Waals surface area (Å²) in [6, 6.07) is 16.6. The lowest BCUT2D eigenvalue weighted by Crippen LogP contribution is -2.49. The highest BCUT2D eigenvalue weighted by molar-refractivity contribution is 7.12. The van der Waals surface area contributed by atoms with Gasteiger partial charge in [-0.2, -0.15) is 10.2 Å². The Labute approximate surface area is 463 Å². The Hall–Kier alpha value is -8.64. The zero-order valence-corrected chi connectivity index (χ0v) is 46.2. The van der Waals surface area contributed by atoms with Gasteiger partial charge in [0.25, 0.3) is 23.6 Å². The molecule has 0 aliphatic carbocycles. The molecule has 79 heavy (non-hydrogen) atoms. The average molecular weight is 1110 g/mol. The van der Waals surface area contributed by atoms with Gasteiger partial charge in [-0.3, -0.25) is 29.4 Å². The topological polar surface area (TPSA) is 313 Å². The highest BCUT2D eigenvalue weighted by atomic mass is 32.1. The third kappa shape index (κ3) is 16.2. The summed E-state index contributed by atoms with van der Waals surface area (Å²) in [5, 5.41) is 46.3. The van der Waals surface area contributed by atoms with Crippen LogP contribution in [0.1, 0.15) is 113 Å². The van der Waals surface area contributed by atoms with Gasteiger partial charge in [0.1, 0.15) is 12.1 Å². The molecule has 0 saturated carbocycles. The molecule has 22 nitrogen and oxygen atoms in total. The highest BCUT2D eigenvalue weighted by Crippen LogP contribution is 2.21. The molecule has 0 saturated heterocycles. The van der Waals surface area contributed by atoms with Gasteiger partial charge in [0.2, 0.25) is 11.9 Å². The van der Waals surface area contributed by atoms with Crippen LogP contribution in [0.3, 0.4) is 0 Å². The average Bonchev–Trinajstić information content (AvgIpc) is 4.30. The molecule has 8 aromatic rings. The Morgan fingerprint density at radius 1 is 0.582 bits per heavy atom. The summed E-state index contributed by atoms with van der Waals surface area (Å²) in [6.45, 7) is 10.0. The number of rotatable bonds is 26. The predicted octanol–water partition coefficient (Wildman–Crippen LogP) is 7.03. The first-order chi connectivity index (χ1) is 38.2. The van der Waals surface area contributed by atoms with Crippen molar-refractivity contribution in [3.05, 3.63) is 139 Å². The van der Waals surface area contributed by atoms with Crippen molar-refractivity contribution >= 4 is 91.9 Å². The summed E-state index contributed by atoms with van der Waals surface area (Å²) in [4.78, 5) is 94.1. The minimum Gasteiger partial charge on any atom is -0.480 e. The number of hydrogen-bond acceptors (Lipinski definition) is 17. The minimum atomic E-state index is -1.31. The van der Waals surface area contributed by atoms with E-state index in [2.05, 4.69) is 91.3 Å². The SMILES string of the molecule is CCCCCOC(=O)[C@H](CNC(=O)c1cccs1)NC(=O)c1c(C)nc(NCCCc2cccc3[nH]ncc23)nc1C.Cc1nc(NCCCc2cccc3[nH]ncc23)nc(C)c1C(=O)N[C@@H](CNC(=O)c1cccs1)C(=O)O. The van der Waals surface area contributed by atoms with Crippen molar-refractivity contribution in [2.75, 3.05) is 43.4 Å². The number of thiophene rings is 2. The van der Waals surface area contributed by atoms with Crippen LogP contribution in [0.25, 0.3) is 21.8 Å². The van der Waals surface area contributed by atoms with Crippen LogP contribution in [0.4, 0.5) is 11.9 Å². The van der Waals surface area contributed by atoms with Gasteiger partial charge in [-0.1, -0.05) is 56.2 Å². The lowest BCUT2D eigenvalue weighted by molar-refractivity contribution is -0.146. The van der Waals surface area contributed by atoms with E-state index in [1.807, 2.05) is 36.7 Å². The van der Waals surface area contributed by atoms with Crippen molar-refractivity contribution in [1.29, 1.82) is 0 Å². The first-order valence-electron chi connectivity index (χ1n) is 25.8. The van der Waals surface area contributed by atoms with E-state index < -0.39 is 41.7 Å². The van der Waals surface area contributed by atoms with E-state index in [0.717, 1.165) is 66.8 Å². The summed E-state index contributed by atoms with van der Waals surface area (Å²) in [6.07, 6.45) is 9.71. The van der Waals surface area contributed by atoms with Crippen molar-refractivity contribution < 1.29 is 38.6 Å². The molecule has 0 spiro atoms. The second kappa shape index (κ2) is 28.7. The second-order valence-electron chi connectivity index (χ2n) is 18.4. The smallest absolute Gasteiger partial charge is 0.330 e. The number of anilines is 2. The molecule has 0 unspecified atom stereocenters. The van der Waals surface area contributed by atoms with Crippen molar-refractivity contribution in [2.45, 2.75) is 91.6 Å². The van der Waals surface area contributed by atoms with Gasteiger partial charge < -0.3 is 41.7 Å². The van der Waals surface area contributed by atoms with Gasteiger partial charge in [-0.15, -0.1) is 22.7 Å². The van der Waals surface area contributed by atoms with Gasteiger partial charge in [-0.25, -0.2) is 29.5 Å². The lowest BCUT2D eigenvalue weighted by atomic mass is 10.1. The van der Waals surface area contributed by atoms with Crippen molar-refractivity contribution in [3.63, 3.8) is 0 Å². The first-order valence-corrected chi connectivity index (χ1v) is 27.6. The van der Waals surface area contributed by atoms with Crippen LogP contribution in [-0.4, -0.2) is 126 Å². The van der Waals surface area contributed by atoms with Crippen LogP contribution in [0.5, 0.6) is 0 Å². The summed E-state index contributed by atoms with van der Waals surface area (Å²) >= 11 is 2.53. The summed E-state index contributed by atoms with van der Waals surface area (Å²) in [5.74, 6) is -2.90. The molecule has 2 atom stereocenters. The zero-order valence-electron chi connectivity index (χ0n) is 44.5. The zero-order chi connectivity index (χ0) is 56.3. The standard InChI is InChI=1S/C30H37N7O4S.C25H27N7O4S/c1-4-5-6-15-41-29(40)24(18-32-27(38)25-13-9-16-42-25)36-28(39)26-19(2)34-30(35-20(26)3)31-14-8-11-21-10-7-12-23-22(21)17-33-37-23;1-14-21(23(34)31-19(24(35)36)13-27-22(33)20-9-5-11-37-20)15(2)30-25(29-14)26-10-4-7-16-6-3-8-18-17(16)12-28-32-18/h7,9-10,12-13,16-17,24H,4-6,8,11,14-15,18H2,1-3H3,(H,32,38)(H,33,37)(H,36,39)(H,31,34,35);3,5-6,8-9,11-12,19H,4,7,10,13H2,1-2H3,(H,27,33)(H,28,32)(H,31,34)(H,35,36)(H,26,29,30)/t24-;19-/m00/s1. The van der Waals surface area contributed by atoms with E-state index >= 15 is 0 Å². The maximum Gasteiger partial charge on any atom is 0.330 e. The number of carbonyl (C=O) groups is 6. The molecule has 9 N–H and O–H groups in total. The van der Waals surface area contributed by atoms with Crippen LogP contribution in [0.15, 0.2) is 83.8 Å². The molecule has 24 heteroatoms. The van der Waals surface area contributed by atoms with E-state index in [1.165, 1.54) is 33.8 Å². The Kier molecular flexibility index (Phi) is 21.1. The number of aliphatic carboxylic acids is 1. The van der Waals surface area contributed by atoms with Gasteiger partial charge in [0, 0.05) is 37.0 Å². The second-order valence-corrected chi connectivity index (χ2v) is 20.3. The van der Waals surface area contributed by atoms with Crippen LogP contribution < -0.4 is 31.9 Å². The van der Waals surface area contributed by atoms with Crippen LogP contribution in [0.2, 0.25) is 0 Å². The highest BCUT2D eigenvalue weighted by Gasteiger charge is 2.28. The number of benzene rings is 2. The normalized spacial score (nSPS) is 11.7. The minimum absolute atomic E-state index is 0.111. The number of aryl methyl sites for hydroxylation is 6. The summed E-state index contributed by atoms with van der Waals surface area (Å²) < 4.78 is 5.40. The first kappa shape index (κ1) is 58.1. The van der Waals surface area contributed by atoms with E-state index in [0.29, 0.717) is 57.5 Å². The summed E-state index contributed by atoms with van der Waals surface area (Å²) in [5.41, 5.74) is 6.70. The number of nitrogens with one attached hydrogen (secondary N) is 8. The molecular weight excluding hydrogens is 1050 g/mol. The molecule has 0 bridgehead atoms. The number of carbonyl (C=O) groups excluding carboxylic acids is 5. The van der Waals surface area contributed by atoms with Crippen LogP contribution in [0, 0.1) is 27.7 Å². The third-order valence-electron chi connectivity index (χ3n) is 12.6. The Morgan fingerprint density at radius 3 is 1.47 bits per heavy atom. The van der Waals surface area contributed by atoms with Crippen molar-refractivity contribution in [2.24, 2.45) is 0 Å². The fraction of sp³-hybridized carbons (Fsp3) is 0.345. The maximum atomic E-state index is 13.3. The molecule has 0 fully saturated rings. The Morgan fingerprint density at radius 2 is 1.04 bits per heavy atom.